The average Bonchev–Trinajstić information content (AvgIpc) is 3.61. The molecule has 10 nitrogen and oxygen atoms in total. The van der Waals surface area contributed by atoms with Crippen LogP contribution in [0.3, 0.4) is 0 Å². The molecule has 0 saturated carbocycles. The number of benzene rings is 3. The zero-order chi connectivity index (χ0) is 29.1. The van der Waals surface area contributed by atoms with Gasteiger partial charge in [-0.25, -0.2) is 4.79 Å². The van der Waals surface area contributed by atoms with Crippen LogP contribution in [-0.4, -0.2) is 76.3 Å². The van der Waals surface area contributed by atoms with Gasteiger partial charge in [-0.05, 0) is 35.2 Å². The number of hydrogen-bond acceptors (Lipinski definition) is 6. The largest absolute Gasteiger partial charge is 0.454 e. The van der Waals surface area contributed by atoms with E-state index < -0.39 is 12.2 Å². The molecule has 4 amide bonds. The standard InChI is InChI=1S/C32H35N5O5/c1-2-15-35(32(40)33-18-24-11-7-4-8-12-24)36-21-30(38)37-26(16-23-9-5-3-6-10-23)31(39)34(20-29(36)37)19-25-13-14-27-28(17-25)42-22-41-27/h3-14,17,26,29H,2,15-16,18-22H2,1H3,(H,33,40)/t26-,29+/m0/s1. The van der Waals surface area contributed by atoms with Gasteiger partial charge in [-0.1, -0.05) is 73.7 Å². The van der Waals surface area contributed by atoms with Crippen LogP contribution in [-0.2, 0) is 29.1 Å². The van der Waals surface area contributed by atoms with Crippen molar-refractivity contribution in [1.29, 1.82) is 0 Å². The fraction of sp³-hybridized carbons (Fsp3) is 0.344. The number of amides is 4. The van der Waals surface area contributed by atoms with Crippen LogP contribution in [0.15, 0.2) is 78.9 Å². The van der Waals surface area contributed by atoms with Gasteiger partial charge < -0.3 is 24.6 Å². The first-order valence-corrected chi connectivity index (χ1v) is 14.4. The summed E-state index contributed by atoms with van der Waals surface area (Å²) in [7, 11) is 0. The molecule has 0 aliphatic carbocycles. The number of nitrogens with zero attached hydrogens (tertiary/aromatic N) is 4. The maximum Gasteiger partial charge on any atom is 0.332 e. The second-order valence-corrected chi connectivity index (χ2v) is 10.8. The number of hydrazine groups is 1. The SMILES string of the molecule is CCCN(C(=O)NCc1ccccc1)N1CC(=O)N2[C@@H](Cc3ccccc3)C(=O)N(Cc3ccc4c(c3)OCO4)C[C@@H]21. The van der Waals surface area contributed by atoms with Crippen molar-refractivity contribution in [3.8, 4) is 11.5 Å². The Kier molecular flexibility index (Phi) is 7.96. The molecule has 2 fully saturated rings. The smallest absolute Gasteiger partial charge is 0.332 e. The predicted molar refractivity (Wildman–Crippen MR) is 155 cm³/mol. The minimum absolute atomic E-state index is 0.0276. The molecular weight excluding hydrogens is 534 g/mol. The van der Waals surface area contributed by atoms with Crippen LogP contribution >= 0.6 is 0 Å². The van der Waals surface area contributed by atoms with Crippen LogP contribution in [0.2, 0.25) is 0 Å². The van der Waals surface area contributed by atoms with E-state index in [4.69, 9.17) is 9.47 Å². The van der Waals surface area contributed by atoms with Crippen molar-refractivity contribution in [2.24, 2.45) is 0 Å². The summed E-state index contributed by atoms with van der Waals surface area (Å²) < 4.78 is 11.0. The monoisotopic (exact) mass is 569 g/mol. The number of carbonyl (C=O) groups is 3. The van der Waals surface area contributed by atoms with Crippen LogP contribution in [0, 0.1) is 0 Å². The van der Waals surface area contributed by atoms with Gasteiger partial charge in [-0.2, -0.15) is 5.01 Å². The Labute approximate surface area is 245 Å². The van der Waals surface area contributed by atoms with E-state index in [1.807, 2.05) is 90.8 Å². The first-order valence-electron chi connectivity index (χ1n) is 14.4. The van der Waals surface area contributed by atoms with Crippen LogP contribution in [0.4, 0.5) is 4.79 Å². The highest BCUT2D eigenvalue weighted by Gasteiger charge is 2.52. The summed E-state index contributed by atoms with van der Waals surface area (Å²) in [6.45, 7) is 3.65. The van der Waals surface area contributed by atoms with Crippen LogP contribution in [0.1, 0.15) is 30.0 Å². The molecule has 0 radical (unpaired) electrons. The van der Waals surface area contributed by atoms with E-state index in [1.165, 1.54) is 0 Å². The van der Waals surface area contributed by atoms with E-state index in [-0.39, 0.29) is 37.7 Å². The molecule has 0 aromatic heterocycles. The number of ether oxygens (including phenoxy) is 2. The summed E-state index contributed by atoms with van der Waals surface area (Å²) >= 11 is 0. The average molecular weight is 570 g/mol. The Morgan fingerprint density at radius 3 is 2.38 bits per heavy atom. The molecule has 0 unspecified atom stereocenters. The number of carbonyl (C=O) groups excluding carboxylic acids is 3. The number of rotatable bonds is 9. The Bertz CT molecular complexity index is 1440. The lowest BCUT2D eigenvalue weighted by atomic mass is 10.00. The highest BCUT2D eigenvalue weighted by molar-refractivity contribution is 5.91. The number of hydrogen-bond donors (Lipinski definition) is 1. The van der Waals surface area contributed by atoms with Crippen LogP contribution in [0.5, 0.6) is 11.5 Å². The molecular formula is C32H35N5O5. The second kappa shape index (κ2) is 12.1. The molecule has 6 rings (SSSR count). The number of nitrogens with one attached hydrogen (secondary N) is 1. The van der Waals surface area contributed by atoms with Crippen molar-refractivity contribution >= 4 is 17.8 Å². The van der Waals surface area contributed by atoms with E-state index in [1.54, 1.807) is 14.8 Å². The third-order valence-electron chi connectivity index (χ3n) is 7.92. The fourth-order valence-electron chi connectivity index (χ4n) is 5.91. The highest BCUT2D eigenvalue weighted by atomic mass is 16.7. The lowest BCUT2D eigenvalue weighted by Gasteiger charge is -2.46. The summed E-state index contributed by atoms with van der Waals surface area (Å²) in [5, 5.41) is 6.49. The van der Waals surface area contributed by atoms with E-state index in [2.05, 4.69) is 5.32 Å². The number of urea groups is 1. The van der Waals surface area contributed by atoms with E-state index in [0.717, 1.165) is 16.7 Å². The summed E-state index contributed by atoms with van der Waals surface area (Å²) in [5.74, 6) is 1.06. The van der Waals surface area contributed by atoms with Gasteiger partial charge >= 0.3 is 6.03 Å². The minimum Gasteiger partial charge on any atom is -0.454 e. The molecule has 2 atom stereocenters. The van der Waals surface area contributed by atoms with E-state index in [0.29, 0.717) is 44.0 Å². The molecule has 3 heterocycles. The number of fused-ring (bicyclic) bond motifs is 2. The zero-order valence-corrected chi connectivity index (χ0v) is 23.6. The summed E-state index contributed by atoms with van der Waals surface area (Å²) in [6.07, 6.45) is 0.622. The molecule has 3 aromatic rings. The van der Waals surface area contributed by atoms with Gasteiger partial charge in [0.1, 0.15) is 12.2 Å². The van der Waals surface area contributed by atoms with Crippen molar-refractivity contribution in [3.63, 3.8) is 0 Å². The topological polar surface area (TPSA) is 94.7 Å². The maximum atomic E-state index is 14.0. The maximum absolute atomic E-state index is 14.0. The lowest BCUT2D eigenvalue weighted by Crippen LogP contribution is -2.66. The molecule has 0 bridgehead atoms. The molecule has 3 aliphatic heterocycles. The Balaban J connectivity index is 1.28. The van der Waals surface area contributed by atoms with Gasteiger partial charge in [0.25, 0.3) is 0 Å². The van der Waals surface area contributed by atoms with Gasteiger partial charge in [0.05, 0.1) is 13.1 Å². The van der Waals surface area contributed by atoms with Gasteiger partial charge in [0.2, 0.25) is 18.6 Å². The molecule has 3 aromatic carbocycles. The molecule has 0 spiro atoms. The quantitative estimate of drug-likeness (QED) is 0.425. The molecule has 1 N–H and O–H groups in total. The van der Waals surface area contributed by atoms with Crippen molar-refractivity contribution in [2.45, 2.75) is 45.1 Å². The van der Waals surface area contributed by atoms with Crippen molar-refractivity contribution < 1.29 is 23.9 Å². The Morgan fingerprint density at radius 1 is 0.929 bits per heavy atom. The van der Waals surface area contributed by atoms with Gasteiger partial charge in [-0.15, -0.1) is 0 Å². The Hall–Kier alpha value is -4.57. The first-order chi connectivity index (χ1) is 20.5. The normalized spacial score (nSPS) is 19.6. The summed E-state index contributed by atoms with van der Waals surface area (Å²) in [5.41, 5.74) is 2.86. The molecule has 10 heteroatoms. The van der Waals surface area contributed by atoms with Gasteiger partial charge in [0, 0.05) is 26.1 Å². The zero-order valence-electron chi connectivity index (χ0n) is 23.6. The molecule has 218 valence electrons. The van der Waals surface area contributed by atoms with Crippen LogP contribution in [0.25, 0.3) is 0 Å². The minimum atomic E-state index is -0.687. The van der Waals surface area contributed by atoms with Gasteiger partial charge in [-0.3, -0.25) is 14.6 Å². The van der Waals surface area contributed by atoms with Gasteiger partial charge in [0.15, 0.2) is 11.5 Å². The summed E-state index contributed by atoms with van der Waals surface area (Å²) in [4.78, 5) is 44.6. The molecule has 2 saturated heterocycles. The first kappa shape index (κ1) is 27.6. The van der Waals surface area contributed by atoms with Crippen molar-refractivity contribution in [2.75, 3.05) is 26.4 Å². The van der Waals surface area contributed by atoms with Crippen molar-refractivity contribution in [1.82, 2.24) is 25.1 Å². The summed E-state index contributed by atoms with van der Waals surface area (Å²) in [6, 6.07) is 24.2. The molecule has 42 heavy (non-hydrogen) atoms. The van der Waals surface area contributed by atoms with E-state index >= 15 is 0 Å². The Morgan fingerprint density at radius 2 is 1.64 bits per heavy atom. The highest BCUT2D eigenvalue weighted by Crippen LogP contribution is 2.34. The predicted octanol–water partition coefficient (Wildman–Crippen LogP) is 3.38. The third kappa shape index (κ3) is 5.62. The van der Waals surface area contributed by atoms with E-state index in [9.17, 15) is 14.4 Å². The van der Waals surface area contributed by atoms with Crippen molar-refractivity contribution in [3.05, 3.63) is 95.6 Å². The lowest BCUT2D eigenvalue weighted by molar-refractivity contribution is -0.157. The number of piperazine rings is 1. The second-order valence-electron chi connectivity index (χ2n) is 10.8. The third-order valence-corrected chi connectivity index (χ3v) is 7.92. The van der Waals surface area contributed by atoms with Crippen LogP contribution < -0.4 is 14.8 Å². The fourth-order valence-corrected chi connectivity index (χ4v) is 5.91. The molecule has 3 aliphatic rings.